The summed E-state index contributed by atoms with van der Waals surface area (Å²) in [6, 6.07) is 1.68. The zero-order valence-electron chi connectivity index (χ0n) is 6.83. The van der Waals surface area contributed by atoms with E-state index >= 15 is 0 Å². The number of hydrogen-bond acceptors (Lipinski definition) is 4. The SMILES string of the molecule is CCSC(SC)=C(C#N)C(=O)O. The lowest BCUT2D eigenvalue weighted by Crippen LogP contribution is -1.99. The van der Waals surface area contributed by atoms with Gasteiger partial charge in [-0.1, -0.05) is 6.92 Å². The van der Waals surface area contributed by atoms with Crippen LogP contribution < -0.4 is 0 Å². The summed E-state index contributed by atoms with van der Waals surface area (Å²) in [5.41, 5.74) is -0.158. The Morgan fingerprint density at radius 3 is 2.50 bits per heavy atom. The van der Waals surface area contributed by atoms with Crippen molar-refractivity contribution in [3.05, 3.63) is 9.81 Å². The van der Waals surface area contributed by atoms with Gasteiger partial charge in [0, 0.05) is 0 Å². The van der Waals surface area contributed by atoms with Gasteiger partial charge < -0.3 is 5.11 Å². The maximum atomic E-state index is 10.5. The Morgan fingerprint density at radius 1 is 1.67 bits per heavy atom. The van der Waals surface area contributed by atoms with E-state index in [9.17, 15) is 4.79 Å². The summed E-state index contributed by atoms with van der Waals surface area (Å²) in [5.74, 6) is -0.378. The van der Waals surface area contributed by atoms with Crippen LogP contribution in [0.5, 0.6) is 0 Å². The molecule has 0 aromatic rings. The van der Waals surface area contributed by atoms with Crippen LogP contribution >= 0.6 is 23.5 Å². The van der Waals surface area contributed by atoms with Gasteiger partial charge in [-0.3, -0.25) is 0 Å². The quantitative estimate of drug-likeness (QED) is 0.558. The molecule has 0 saturated carbocycles. The Labute approximate surface area is 79.8 Å². The van der Waals surface area contributed by atoms with Crippen LogP contribution in [0, 0.1) is 11.3 Å². The summed E-state index contributed by atoms with van der Waals surface area (Å²) in [5, 5.41) is 17.1. The predicted octanol–water partition coefficient (Wildman–Crippen LogP) is 1.92. The van der Waals surface area contributed by atoms with Crippen molar-refractivity contribution in [2.75, 3.05) is 12.0 Å². The number of nitriles is 1. The number of nitrogens with zero attached hydrogens (tertiary/aromatic N) is 1. The molecule has 12 heavy (non-hydrogen) atoms. The second kappa shape index (κ2) is 5.98. The Morgan fingerprint density at radius 2 is 2.25 bits per heavy atom. The number of carboxylic acids is 1. The number of aliphatic carboxylic acids is 1. The van der Waals surface area contributed by atoms with Gasteiger partial charge in [-0.15, -0.1) is 23.5 Å². The van der Waals surface area contributed by atoms with E-state index in [4.69, 9.17) is 10.4 Å². The molecule has 0 aromatic heterocycles. The molecule has 1 N–H and O–H groups in total. The molecule has 0 aliphatic rings. The third kappa shape index (κ3) is 3.20. The first kappa shape index (κ1) is 11.4. The lowest BCUT2D eigenvalue weighted by atomic mass is 10.3. The summed E-state index contributed by atoms with van der Waals surface area (Å²) in [6.45, 7) is 1.91. The monoisotopic (exact) mass is 203 g/mol. The van der Waals surface area contributed by atoms with Gasteiger partial charge in [0.15, 0.2) is 5.57 Å². The lowest BCUT2D eigenvalue weighted by Gasteiger charge is -2.01. The summed E-state index contributed by atoms with van der Waals surface area (Å²) in [7, 11) is 0. The minimum Gasteiger partial charge on any atom is -0.477 e. The molecular formula is C7H9NO2S2. The third-order valence-corrected chi connectivity index (χ3v) is 3.17. The highest BCUT2D eigenvalue weighted by Crippen LogP contribution is 2.29. The van der Waals surface area contributed by atoms with Crippen LogP contribution in [0.15, 0.2) is 9.81 Å². The van der Waals surface area contributed by atoms with E-state index in [2.05, 4.69) is 0 Å². The average Bonchev–Trinajstić information content (AvgIpc) is 2.03. The molecule has 66 valence electrons. The molecule has 0 radical (unpaired) electrons. The molecule has 3 nitrogen and oxygen atoms in total. The van der Waals surface area contributed by atoms with E-state index in [1.807, 2.05) is 6.92 Å². The predicted molar refractivity (Wildman–Crippen MR) is 51.9 cm³/mol. The van der Waals surface area contributed by atoms with Crippen molar-refractivity contribution in [3.63, 3.8) is 0 Å². The maximum Gasteiger partial charge on any atom is 0.348 e. The molecule has 0 rings (SSSR count). The fraction of sp³-hybridized carbons (Fsp3) is 0.429. The molecule has 0 unspecified atom stereocenters. The van der Waals surface area contributed by atoms with Crippen LogP contribution in [0.1, 0.15) is 6.92 Å². The van der Waals surface area contributed by atoms with Gasteiger partial charge in [0.2, 0.25) is 0 Å². The number of carboxylic acid groups (broad SMARTS) is 1. The summed E-state index contributed by atoms with van der Waals surface area (Å²) in [4.78, 5) is 10.5. The molecule has 0 aliphatic carbocycles. The minimum absolute atomic E-state index is 0.158. The molecule has 0 bridgehead atoms. The molecule has 0 fully saturated rings. The minimum atomic E-state index is -1.15. The highest BCUT2D eigenvalue weighted by atomic mass is 32.2. The smallest absolute Gasteiger partial charge is 0.348 e. The standard InChI is InChI=1S/C7H9NO2S2/c1-3-12-7(11-2)5(4-8)6(9)10/h3H2,1-2H3,(H,9,10). The van der Waals surface area contributed by atoms with Gasteiger partial charge in [0.1, 0.15) is 6.07 Å². The maximum absolute atomic E-state index is 10.5. The van der Waals surface area contributed by atoms with Crippen molar-refractivity contribution in [2.24, 2.45) is 0 Å². The van der Waals surface area contributed by atoms with Crippen molar-refractivity contribution >= 4 is 29.5 Å². The largest absolute Gasteiger partial charge is 0.477 e. The number of hydrogen-bond donors (Lipinski definition) is 1. The van der Waals surface area contributed by atoms with Crippen molar-refractivity contribution in [2.45, 2.75) is 6.92 Å². The lowest BCUT2D eigenvalue weighted by molar-refractivity contribution is -0.132. The molecule has 0 aromatic carbocycles. The Bertz CT molecular complexity index is 242. The summed E-state index contributed by atoms with van der Waals surface area (Å²) in [6.07, 6.45) is 1.76. The van der Waals surface area contributed by atoms with E-state index in [1.54, 1.807) is 12.3 Å². The highest BCUT2D eigenvalue weighted by molar-refractivity contribution is 8.22. The second-order valence-corrected chi connectivity index (χ2v) is 4.07. The molecule has 0 spiro atoms. The number of thioether (sulfide) groups is 2. The molecule has 5 heteroatoms. The van der Waals surface area contributed by atoms with Gasteiger partial charge in [-0.2, -0.15) is 5.26 Å². The van der Waals surface area contributed by atoms with E-state index < -0.39 is 5.97 Å². The topological polar surface area (TPSA) is 61.1 Å². The van der Waals surface area contributed by atoms with Crippen molar-refractivity contribution < 1.29 is 9.90 Å². The molecular weight excluding hydrogens is 194 g/mol. The van der Waals surface area contributed by atoms with Crippen LogP contribution in [-0.2, 0) is 4.79 Å². The van der Waals surface area contributed by atoms with Gasteiger partial charge in [0.25, 0.3) is 0 Å². The Hall–Kier alpha value is -0.600. The molecule has 0 heterocycles. The molecule has 0 aliphatic heterocycles. The van der Waals surface area contributed by atoms with Crippen LogP contribution in [0.25, 0.3) is 0 Å². The molecule has 0 saturated heterocycles. The number of rotatable bonds is 4. The fourth-order valence-corrected chi connectivity index (χ4v) is 2.25. The van der Waals surface area contributed by atoms with Gasteiger partial charge in [0.05, 0.1) is 4.24 Å². The van der Waals surface area contributed by atoms with Crippen LogP contribution in [0.2, 0.25) is 0 Å². The van der Waals surface area contributed by atoms with Crippen molar-refractivity contribution in [1.29, 1.82) is 5.26 Å². The van der Waals surface area contributed by atoms with Crippen LogP contribution in [-0.4, -0.2) is 23.1 Å². The highest BCUT2D eigenvalue weighted by Gasteiger charge is 2.12. The van der Waals surface area contributed by atoms with E-state index in [0.717, 1.165) is 5.75 Å². The summed E-state index contributed by atoms with van der Waals surface area (Å²) < 4.78 is 0.576. The number of carbonyl (C=O) groups is 1. The molecule has 0 atom stereocenters. The normalized spacial score (nSPS) is 11.8. The first-order valence-electron chi connectivity index (χ1n) is 3.21. The van der Waals surface area contributed by atoms with Gasteiger partial charge >= 0.3 is 5.97 Å². The first-order valence-corrected chi connectivity index (χ1v) is 5.42. The van der Waals surface area contributed by atoms with E-state index in [1.165, 1.54) is 23.5 Å². The van der Waals surface area contributed by atoms with Crippen LogP contribution in [0.3, 0.4) is 0 Å². The molecule has 0 amide bonds. The Kier molecular flexibility index (Phi) is 5.68. The average molecular weight is 203 g/mol. The van der Waals surface area contributed by atoms with Crippen molar-refractivity contribution in [3.8, 4) is 6.07 Å². The Balaban J connectivity index is 4.77. The third-order valence-electron chi connectivity index (χ3n) is 0.991. The summed E-state index contributed by atoms with van der Waals surface area (Å²) >= 11 is 2.67. The second-order valence-electron chi connectivity index (χ2n) is 1.72. The zero-order valence-corrected chi connectivity index (χ0v) is 8.46. The van der Waals surface area contributed by atoms with Crippen molar-refractivity contribution in [1.82, 2.24) is 0 Å². The first-order chi connectivity index (χ1) is 5.67. The van der Waals surface area contributed by atoms with E-state index in [0.29, 0.717) is 4.24 Å². The zero-order chi connectivity index (χ0) is 9.56. The van der Waals surface area contributed by atoms with Gasteiger partial charge in [-0.25, -0.2) is 4.79 Å². The fourth-order valence-electron chi connectivity index (χ4n) is 0.545. The van der Waals surface area contributed by atoms with Gasteiger partial charge in [-0.05, 0) is 12.0 Å². The van der Waals surface area contributed by atoms with Crippen LogP contribution in [0.4, 0.5) is 0 Å². The van der Waals surface area contributed by atoms with E-state index in [-0.39, 0.29) is 5.57 Å².